The van der Waals surface area contributed by atoms with Crippen LogP contribution >= 0.6 is 11.6 Å². The Morgan fingerprint density at radius 2 is 2.41 bits per heavy atom. The predicted octanol–water partition coefficient (Wildman–Crippen LogP) is 1.34. The number of likely N-dealkylation sites (tertiary alicyclic amines) is 1. The first-order chi connectivity index (χ1) is 8.11. The van der Waals surface area contributed by atoms with Crippen LogP contribution in [0, 0.1) is 0 Å². The number of carbonyl (C=O) groups is 1. The zero-order chi connectivity index (χ0) is 12.4. The number of nitrogens with zero attached hydrogens (tertiary/aromatic N) is 3. The molecule has 92 valence electrons. The summed E-state index contributed by atoms with van der Waals surface area (Å²) < 4.78 is 4.59. The molecule has 17 heavy (non-hydrogen) atoms. The molecule has 1 aromatic rings. The smallest absolute Gasteiger partial charge is 0.342 e. The molecule has 1 aromatic heterocycles. The molecule has 1 saturated heterocycles. The van der Waals surface area contributed by atoms with Crippen LogP contribution < -0.4 is 0 Å². The number of hydrogen-bond acceptors (Lipinski definition) is 5. The molecule has 0 radical (unpaired) electrons. The Morgan fingerprint density at radius 3 is 2.94 bits per heavy atom. The van der Waals surface area contributed by atoms with Gasteiger partial charge in [0.2, 0.25) is 0 Å². The topological polar surface area (TPSA) is 55.3 Å². The maximum Gasteiger partial charge on any atom is 0.342 e. The third-order valence-electron chi connectivity index (χ3n) is 2.92. The largest absolute Gasteiger partial charge is 0.465 e. The number of esters is 1. The summed E-state index contributed by atoms with van der Waals surface area (Å²) in [6.45, 7) is 1.96. The summed E-state index contributed by atoms with van der Waals surface area (Å²) in [4.78, 5) is 21.9. The molecule has 0 N–H and O–H groups in total. The van der Waals surface area contributed by atoms with Crippen molar-refractivity contribution in [3.05, 3.63) is 22.7 Å². The van der Waals surface area contributed by atoms with Gasteiger partial charge >= 0.3 is 5.97 Å². The van der Waals surface area contributed by atoms with Crippen molar-refractivity contribution >= 4 is 17.6 Å². The maximum absolute atomic E-state index is 11.3. The van der Waals surface area contributed by atoms with E-state index in [1.807, 2.05) is 0 Å². The number of rotatable bonds is 2. The van der Waals surface area contributed by atoms with Crippen molar-refractivity contribution in [1.82, 2.24) is 14.9 Å². The van der Waals surface area contributed by atoms with E-state index < -0.39 is 5.97 Å². The fraction of sp³-hybridized carbons (Fsp3) is 0.545. The van der Waals surface area contributed by atoms with Gasteiger partial charge in [-0.15, -0.1) is 0 Å². The van der Waals surface area contributed by atoms with Crippen LogP contribution in [0.4, 0.5) is 0 Å². The van der Waals surface area contributed by atoms with E-state index in [1.165, 1.54) is 13.3 Å². The van der Waals surface area contributed by atoms with E-state index >= 15 is 0 Å². The van der Waals surface area contributed by atoms with Gasteiger partial charge < -0.3 is 9.64 Å². The van der Waals surface area contributed by atoms with Gasteiger partial charge in [0.05, 0.1) is 7.11 Å². The standard InChI is InChI=1S/C11H14ClN3O2/c1-15-4-3-7(6-15)10-13-5-8(9(12)14-10)11(16)17-2/h5,7H,3-4,6H2,1-2H3. The number of halogens is 1. The highest BCUT2D eigenvalue weighted by molar-refractivity contribution is 6.32. The Balaban J connectivity index is 2.22. The van der Waals surface area contributed by atoms with Crippen molar-refractivity contribution in [2.45, 2.75) is 12.3 Å². The van der Waals surface area contributed by atoms with Crippen LogP contribution in [0.25, 0.3) is 0 Å². The van der Waals surface area contributed by atoms with Gasteiger partial charge in [0.25, 0.3) is 0 Å². The van der Waals surface area contributed by atoms with Crippen LogP contribution in [0.3, 0.4) is 0 Å². The molecule has 0 amide bonds. The van der Waals surface area contributed by atoms with Crippen LogP contribution in [0.5, 0.6) is 0 Å². The van der Waals surface area contributed by atoms with Crippen LogP contribution in [0.1, 0.15) is 28.5 Å². The lowest BCUT2D eigenvalue weighted by Gasteiger charge is -2.10. The number of hydrogen-bond donors (Lipinski definition) is 0. The molecule has 6 heteroatoms. The zero-order valence-corrected chi connectivity index (χ0v) is 10.6. The Hall–Kier alpha value is -1.20. The highest BCUT2D eigenvalue weighted by Crippen LogP contribution is 2.25. The molecule has 5 nitrogen and oxygen atoms in total. The van der Waals surface area contributed by atoms with Crippen LogP contribution in [0.15, 0.2) is 6.20 Å². The number of carbonyl (C=O) groups excluding carboxylic acids is 1. The third kappa shape index (κ3) is 2.56. The Bertz CT molecular complexity index is 439. The molecule has 2 heterocycles. The fourth-order valence-electron chi connectivity index (χ4n) is 1.96. The molecular formula is C11H14ClN3O2. The average molecular weight is 256 g/mol. The predicted molar refractivity (Wildman–Crippen MR) is 63.2 cm³/mol. The van der Waals surface area contributed by atoms with Gasteiger partial charge in [-0.1, -0.05) is 11.6 Å². The summed E-state index contributed by atoms with van der Waals surface area (Å²) in [5.41, 5.74) is 0.212. The van der Waals surface area contributed by atoms with Gasteiger partial charge in [0, 0.05) is 18.7 Å². The Labute approximate surface area is 105 Å². The minimum Gasteiger partial charge on any atom is -0.465 e. The molecule has 2 rings (SSSR count). The Kier molecular flexibility index (Phi) is 3.59. The fourth-order valence-corrected chi connectivity index (χ4v) is 2.18. The molecule has 0 spiro atoms. The van der Waals surface area contributed by atoms with Crippen molar-refractivity contribution < 1.29 is 9.53 Å². The lowest BCUT2D eigenvalue weighted by atomic mass is 10.1. The average Bonchev–Trinajstić information content (AvgIpc) is 2.75. The highest BCUT2D eigenvalue weighted by Gasteiger charge is 2.24. The van der Waals surface area contributed by atoms with Gasteiger partial charge in [-0.2, -0.15) is 0 Å². The molecule has 1 aliphatic rings. The van der Waals surface area contributed by atoms with E-state index in [1.54, 1.807) is 0 Å². The maximum atomic E-state index is 11.3. The lowest BCUT2D eigenvalue weighted by Crippen LogP contribution is -2.15. The molecule has 1 atom stereocenters. The van der Waals surface area contributed by atoms with E-state index in [0.717, 1.165) is 19.5 Å². The van der Waals surface area contributed by atoms with Crippen LogP contribution in [-0.4, -0.2) is 48.1 Å². The van der Waals surface area contributed by atoms with Crippen LogP contribution in [0.2, 0.25) is 5.15 Å². The van der Waals surface area contributed by atoms with E-state index in [0.29, 0.717) is 11.7 Å². The van der Waals surface area contributed by atoms with Gasteiger partial charge in [-0.25, -0.2) is 14.8 Å². The second kappa shape index (κ2) is 4.98. The van der Waals surface area contributed by atoms with E-state index in [9.17, 15) is 4.79 Å². The van der Waals surface area contributed by atoms with Crippen molar-refractivity contribution in [3.8, 4) is 0 Å². The monoisotopic (exact) mass is 255 g/mol. The quantitative estimate of drug-likeness (QED) is 0.590. The third-order valence-corrected chi connectivity index (χ3v) is 3.21. The van der Waals surface area contributed by atoms with Crippen LogP contribution in [-0.2, 0) is 4.74 Å². The van der Waals surface area contributed by atoms with E-state index in [2.05, 4.69) is 26.7 Å². The number of aromatic nitrogens is 2. The molecule has 1 unspecified atom stereocenters. The van der Waals surface area contributed by atoms with Crippen molar-refractivity contribution in [2.24, 2.45) is 0 Å². The number of ether oxygens (including phenoxy) is 1. The van der Waals surface area contributed by atoms with E-state index in [4.69, 9.17) is 11.6 Å². The molecule has 0 saturated carbocycles. The number of likely N-dealkylation sites (N-methyl/N-ethyl adjacent to an activating group) is 1. The SMILES string of the molecule is COC(=O)c1cnc(C2CCN(C)C2)nc1Cl. The second-order valence-corrected chi connectivity index (χ2v) is 4.53. The van der Waals surface area contributed by atoms with Crippen molar-refractivity contribution in [1.29, 1.82) is 0 Å². The number of methoxy groups -OCH3 is 1. The van der Waals surface area contributed by atoms with Gasteiger partial charge in [0.15, 0.2) is 0 Å². The molecule has 0 aromatic carbocycles. The summed E-state index contributed by atoms with van der Waals surface area (Å²) in [5.74, 6) is 0.487. The second-order valence-electron chi connectivity index (χ2n) is 4.17. The van der Waals surface area contributed by atoms with Crippen molar-refractivity contribution in [2.75, 3.05) is 27.2 Å². The summed E-state index contributed by atoms with van der Waals surface area (Å²) in [5, 5.41) is 0.163. The lowest BCUT2D eigenvalue weighted by molar-refractivity contribution is 0.0600. The van der Waals surface area contributed by atoms with Crippen molar-refractivity contribution in [3.63, 3.8) is 0 Å². The first kappa shape index (κ1) is 12.3. The minimum absolute atomic E-state index is 0.163. The summed E-state index contributed by atoms with van der Waals surface area (Å²) in [7, 11) is 3.36. The van der Waals surface area contributed by atoms with E-state index in [-0.39, 0.29) is 10.7 Å². The molecule has 1 fully saturated rings. The van der Waals surface area contributed by atoms with Gasteiger partial charge in [-0.3, -0.25) is 0 Å². The summed E-state index contributed by atoms with van der Waals surface area (Å²) in [6.07, 6.45) is 2.46. The molecule has 1 aliphatic heterocycles. The normalized spacial score (nSPS) is 20.5. The van der Waals surface area contributed by atoms with Gasteiger partial charge in [-0.05, 0) is 20.0 Å². The molecular weight excluding hydrogens is 242 g/mol. The first-order valence-corrected chi connectivity index (χ1v) is 5.79. The first-order valence-electron chi connectivity index (χ1n) is 5.41. The van der Waals surface area contributed by atoms with Gasteiger partial charge in [0.1, 0.15) is 16.5 Å². The summed E-state index contributed by atoms with van der Waals surface area (Å²) in [6, 6.07) is 0. The molecule has 0 bridgehead atoms. The summed E-state index contributed by atoms with van der Waals surface area (Å²) >= 11 is 5.95. The molecule has 0 aliphatic carbocycles. The minimum atomic E-state index is -0.509. The zero-order valence-electron chi connectivity index (χ0n) is 9.81. The highest BCUT2D eigenvalue weighted by atomic mass is 35.5. The Morgan fingerprint density at radius 1 is 1.65 bits per heavy atom.